The maximum Gasteiger partial charge on any atom is 0.330 e. The van der Waals surface area contributed by atoms with Crippen LogP contribution in [-0.2, 0) is 9.53 Å². The van der Waals surface area contributed by atoms with Crippen molar-refractivity contribution in [1.82, 2.24) is 0 Å². The van der Waals surface area contributed by atoms with Crippen LogP contribution in [0.5, 0.6) is 0 Å². The van der Waals surface area contributed by atoms with Gasteiger partial charge in [-0.3, -0.25) is 0 Å². The third kappa shape index (κ3) is 4.06. The van der Waals surface area contributed by atoms with Gasteiger partial charge in [-0.15, -0.1) is 0 Å². The van der Waals surface area contributed by atoms with E-state index in [0.717, 1.165) is 25.7 Å². The van der Waals surface area contributed by atoms with E-state index in [0.29, 0.717) is 5.92 Å². The van der Waals surface area contributed by atoms with Crippen LogP contribution >= 0.6 is 0 Å². The highest BCUT2D eigenvalue weighted by Gasteiger charge is 2.26. The highest BCUT2D eigenvalue weighted by atomic mass is 16.5. The minimum atomic E-state index is -0.628. The van der Waals surface area contributed by atoms with Gasteiger partial charge in [0.05, 0.1) is 12.2 Å². The summed E-state index contributed by atoms with van der Waals surface area (Å²) in [7, 11) is 0. The van der Waals surface area contributed by atoms with Crippen molar-refractivity contribution < 1.29 is 14.6 Å². The lowest BCUT2D eigenvalue weighted by Crippen LogP contribution is -2.21. The molecule has 0 fully saturated rings. The van der Waals surface area contributed by atoms with Crippen molar-refractivity contribution in [1.29, 1.82) is 0 Å². The SMILES string of the molecule is C[C@H]1CCC/C=C/[C@@H]2CC=C[C@H]2[C@H](O)/C=C/C(=O)O1. The predicted molar refractivity (Wildman–Crippen MR) is 74.4 cm³/mol. The van der Waals surface area contributed by atoms with Gasteiger partial charge in [-0.2, -0.15) is 0 Å². The van der Waals surface area contributed by atoms with Gasteiger partial charge in [-0.25, -0.2) is 4.79 Å². The molecule has 19 heavy (non-hydrogen) atoms. The van der Waals surface area contributed by atoms with Crippen molar-refractivity contribution in [3.63, 3.8) is 0 Å². The Morgan fingerprint density at radius 3 is 2.95 bits per heavy atom. The van der Waals surface area contributed by atoms with Gasteiger partial charge in [0.25, 0.3) is 0 Å². The van der Waals surface area contributed by atoms with E-state index in [1.165, 1.54) is 6.08 Å². The Bertz CT molecular complexity index is 395. The number of carbonyl (C=O) groups excluding carboxylic acids is 1. The first-order chi connectivity index (χ1) is 9.16. The van der Waals surface area contributed by atoms with E-state index >= 15 is 0 Å². The highest BCUT2D eigenvalue weighted by molar-refractivity contribution is 5.82. The van der Waals surface area contributed by atoms with Crippen molar-refractivity contribution in [2.45, 2.75) is 44.8 Å². The van der Waals surface area contributed by atoms with Crippen molar-refractivity contribution in [3.05, 3.63) is 36.5 Å². The van der Waals surface area contributed by atoms with Crippen LogP contribution < -0.4 is 0 Å². The third-order valence-corrected chi connectivity index (χ3v) is 3.77. The van der Waals surface area contributed by atoms with Crippen LogP contribution in [0, 0.1) is 11.8 Å². The second kappa shape index (κ2) is 6.71. The number of aliphatic hydroxyl groups is 1. The van der Waals surface area contributed by atoms with Crippen molar-refractivity contribution >= 4 is 5.97 Å². The van der Waals surface area contributed by atoms with Crippen LogP contribution in [0.2, 0.25) is 0 Å². The summed E-state index contributed by atoms with van der Waals surface area (Å²) in [6.07, 6.45) is 14.6. The summed E-state index contributed by atoms with van der Waals surface area (Å²) in [4.78, 5) is 11.6. The molecule has 1 aliphatic carbocycles. The van der Waals surface area contributed by atoms with Crippen molar-refractivity contribution in [2.75, 3.05) is 0 Å². The summed E-state index contributed by atoms with van der Waals surface area (Å²) in [5.41, 5.74) is 0. The number of aliphatic hydroxyl groups excluding tert-OH is 1. The number of hydrogen-bond donors (Lipinski definition) is 1. The number of esters is 1. The lowest BCUT2D eigenvalue weighted by atomic mass is 9.89. The lowest BCUT2D eigenvalue weighted by molar-refractivity contribution is -0.142. The normalized spacial score (nSPS) is 39.4. The molecule has 0 saturated heterocycles. The molecular weight excluding hydrogens is 240 g/mol. The molecule has 0 unspecified atom stereocenters. The fourth-order valence-electron chi connectivity index (χ4n) is 2.66. The Hall–Kier alpha value is -1.35. The molecular formula is C16H22O3. The zero-order valence-electron chi connectivity index (χ0n) is 11.4. The van der Waals surface area contributed by atoms with E-state index in [9.17, 15) is 9.90 Å². The number of cyclic esters (lactones) is 1. The average Bonchev–Trinajstić information content (AvgIpc) is 2.83. The lowest BCUT2D eigenvalue weighted by Gasteiger charge is -2.19. The van der Waals surface area contributed by atoms with E-state index in [1.54, 1.807) is 6.08 Å². The molecule has 1 aliphatic heterocycles. The standard InChI is InChI=1S/C16H22O3/c1-12-6-3-2-4-7-13-8-5-9-14(13)15(17)10-11-16(18)19-12/h4-5,7,9-15,17H,2-3,6,8H2,1H3/b7-4+,11-10+/t12-,13+,14+,15+/m0/s1. The molecule has 0 aromatic heterocycles. The molecule has 0 saturated carbocycles. The van der Waals surface area contributed by atoms with Gasteiger partial charge in [0.2, 0.25) is 0 Å². The molecule has 0 bridgehead atoms. The molecule has 4 atom stereocenters. The van der Waals surface area contributed by atoms with E-state index in [1.807, 2.05) is 13.0 Å². The first-order valence-corrected chi connectivity index (χ1v) is 7.07. The molecule has 0 amide bonds. The zero-order valence-corrected chi connectivity index (χ0v) is 11.4. The Morgan fingerprint density at radius 2 is 2.11 bits per heavy atom. The summed E-state index contributed by atoms with van der Waals surface area (Å²) in [5.74, 6) is 0.0459. The number of rotatable bonds is 0. The van der Waals surface area contributed by atoms with Crippen LogP contribution in [0.3, 0.4) is 0 Å². The molecule has 3 heteroatoms. The van der Waals surface area contributed by atoms with Crippen LogP contribution in [0.1, 0.15) is 32.6 Å². The first kappa shape index (κ1) is 14.1. The second-order valence-corrected chi connectivity index (χ2v) is 5.36. The Morgan fingerprint density at radius 1 is 1.26 bits per heavy atom. The zero-order chi connectivity index (χ0) is 13.7. The average molecular weight is 262 g/mol. The molecule has 0 aromatic carbocycles. The van der Waals surface area contributed by atoms with Crippen LogP contribution in [-0.4, -0.2) is 23.3 Å². The monoisotopic (exact) mass is 262 g/mol. The number of carbonyl (C=O) groups is 1. The van der Waals surface area contributed by atoms with E-state index in [-0.39, 0.29) is 18.0 Å². The quantitative estimate of drug-likeness (QED) is 0.539. The summed E-state index contributed by atoms with van der Waals surface area (Å²) in [6.45, 7) is 1.91. The van der Waals surface area contributed by atoms with Gasteiger partial charge in [0.15, 0.2) is 0 Å². The van der Waals surface area contributed by atoms with Gasteiger partial charge in [0.1, 0.15) is 0 Å². The molecule has 0 spiro atoms. The molecule has 2 aliphatic rings. The fourth-order valence-corrected chi connectivity index (χ4v) is 2.66. The molecule has 104 valence electrons. The molecule has 0 aromatic rings. The minimum absolute atomic E-state index is 0.0668. The predicted octanol–water partition coefficient (Wildman–Crippen LogP) is 2.77. The minimum Gasteiger partial charge on any atom is -0.460 e. The molecule has 0 radical (unpaired) electrons. The Kier molecular flexibility index (Phi) is 4.97. The molecule has 2 rings (SSSR count). The van der Waals surface area contributed by atoms with Gasteiger partial charge < -0.3 is 9.84 Å². The number of fused-ring (bicyclic) bond motifs is 1. The van der Waals surface area contributed by atoms with E-state index in [4.69, 9.17) is 4.74 Å². The van der Waals surface area contributed by atoms with E-state index < -0.39 is 6.10 Å². The maximum atomic E-state index is 11.6. The maximum absolute atomic E-state index is 11.6. The summed E-state index contributed by atoms with van der Waals surface area (Å²) in [5, 5.41) is 10.1. The highest BCUT2D eigenvalue weighted by Crippen LogP contribution is 2.30. The Balaban J connectivity index is 2.09. The summed E-state index contributed by atoms with van der Waals surface area (Å²) >= 11 is 0. The van der Waals surface area contributed by atoms with Crippen LogP contribution in [0.15, 0.2) is 36.5 Å². The van der Waals surface area contributed by atoms with Gasteiger partial charge in [-0.05, 0) is 44.6 Å². The summed E-state index contributed by atoms with van der Waals surface area (Å²) < 4.78 is 5.24. The van der Waals surface area contributed by atoms with Gasteiger partial charge in [0, 0.05) is 12.0 Å². The third-order valence-electron chi connectivity index (χ3n) is 3.77. The van der Waals surface area contributed by atoms with Crippen molar-refractivity contribution in [2.24, 2.45) is 11.8 Å². The van der Waals surface area contributed by atoms with Gasteiger partial charge >= 0.3 is 5.97 Å². The number of ether oxygens (including phenoxy) is 1. The second-order valence-electron chi connectivity index (χ2n) is 5.36. The van der Waals surface area contributed by atoms with E-state index in [2.05, 4.69) is 18.2 Å². The molecule has 3 nitrogen and oxygen atoms in total. The largest absolute Gasteiger partial charge is 0.460 e. The van der Waals surface area contributed by atoms with Crippen LogP contribution in [0.4, 0.5) is 0 Å². The molecule has 1 N–H and O–H groups in total. The Labute approximate surface area is 114 Å². The summed E-state index contributed by atoms with van der Waals surface area (Å²) in [6, 6.07) is 0. The first-order valence-electron chi connectivity index (χ1n) is 7.07. The number of hydrogen-bond acceptors (Lipinski definition) is 3. The fraction of sp³-hybridized carbons (Fsp3) is 0.562. The van der Waals surface area contributed by atoms with Gasteiger partial charge in [-0.1, -0.05) is 24.3 Å². The van der Waals surface area contributed by atoms with Crippen LogP contribution in [0.25, 0.3) is 0 Å². The molecule has 1 heterocycles. The topological polar surface area (TPSA) is 46.5 Å². The number of allylic oxidation sites excluding steroid dienone is 3. The smallest absolute Gasteiger partial charge is 0.330 e. The van der Waals surface area contributed by atoms with Crippen molar-refractivity contribution in [3.8, 4) is 0 Å².